The molecule has 1 rings (SSSR count). The van der Waals surface area contributed by atoms with Gasteiger partial charge in [0.25, 0.3) is 0 Å². The van der Waals surface area contributed by atoms with Crippen molar-refractivity contribution >= 4 is 11.6 Å². The first-order valence-corrected chi connectivity index (χ1v) is 3.91. The van der Waals surface area contributed by atoms with E-state index in [0.29, 0.717) is 5.69 Å². The highest BCUT2D eigenvalue weighted by Gasteiger charge is 2.09. The van der Waals surface area contributed by atoms with Gasteiger partial charge in [-0.3, -0.25) is 14.6 Å². The number of aromatic nitrogens is 2. The minimum atomic E-state index is -0.274. The van der Waals surface area contributed by atoms with E-state index in [9.17, 15) is 9.59 Å². The van der Waals surface area contributed by atoms with E-state index in [2.05, 4.69) is 9.97 Å². The van der Waals surface area contributed by atoms with Crippen LogP contribution in [0.15, 0.2) is 12.4 Å². The van der Waals surface area contributed by atoms with Gasteiger partial charge in [-0.1, -0.05) is 0 Å². The standard InChI is InChI=1S/C9H10N2O2/c1-6-4-10-5-8(11-6)9(13)3-7(2)12/h4-5H,3H2,1-2H3. The molecule has 1 aromatic heterocycles. The van der Waals surface area contributed by atoms with Gasteiger partial charge in [-0.2, -0.15) is 0 Å². The summed E-state index contributed by atoms with van der Waals surface area (Å²) in [4.78, 5) is 29.7. The van der Waals surface area contributed by atoms with Crippen LogP contribution in [0.25, 0.3) is 0 Å². The molecule has 0 saturated carbocycles. The van der Waals surface area contributed by atoms with Gasteiger partial charge in [0.15, 0.2) is 5.78 Å². The topological polar surface area (TPSA) is 59.9 Å². The normalized spacial score (nSPS) is 9.69. The fourth-order valence-corrected chi connectivity index (χ4v) is 0.914. The molecule has 0 fully saturated rings. The molecule has 0 aliphatic carbocycles. The number of nitrogens with zero attached hydrogens (tertiary/aromatic N) is 2. The third-order valence-electron chi connectivity index (χ3n) is 1.45. The number of hydrogen-bond acceptors (Lipinski definition) is 4. The molecule has 0 N–H and O–H groups in total. The summed E-state index contributed by atoms with van der Waals surface area (Å²) in [5, 5.41) is 0. The van der Waals surface area contributed by atoms with Crippen molar-refractivity contribution in [2.24, 2.45) is 0 Å². The molecule has 0 unspecified atom stereocenters. The first-order valence-electron chi connectivity index (χ1n) is 3.91. The van der Waals surface area contributed by atoms with Crippen LogP contribution in [0.1, 0.15) is 29.5 Å². The number of ketones is 2. The number of carbonyl (C=O) groups excluding carboxylic acids is 2. The zero-order chi connectivity index (χ0) is 9.84. The van der Waals surface area contributed by atoms with E-state index in [1.165, 1.54) is 13.1 Å². The number of rotatable bonds is 3. The van der Waals surface area contributed by atoms with E-state index in [1.54, 1.807) is 13.1 Å². The Kier molecular flexibility index (Phi) is 2.84. The van der Waals surface area contributed by atoms with E-state index < -0.39 is 0 Å². The fourth-order valence-electron chi connectivity index (χ4n) is 0.914. The molecular weight excluding hydrogens is 168 g/mol. The maximum atomic E-state index is 11.3. The summed E-state index contributed by atoms with van der Waals surface area (Å²) in [6.45, 7) is 3.12. The summed E-state index contributed by atoms with van der Waals surface area (Å²) in [6.07, 6.45) is 2.83. The lowest BCUT2D eigenvalue weighted by Gasteiger charge is -1.97. The largest absolute Gasteiger partial charge is 0.300 e. The van der Waals surface area contributed by atoms with Gasteiger partial charge in [-0.05, 0) is 13.8 Å². The summed E-state index contributed by atoms with van der Waals surface area (Å²) in [5.74, 6) is -0.433. The molecule has 13 heavy (non-hydrogen) atoms. The van der Waals surface area contributed by atoms with Gasteiger partial charge in [0.1, 0.15) is 11.5 Å². The molecule has 0 aliphatic heterocycles. The Morgan fingerprint density at radius 2 is 2.08 bits per heavy atom. The molecule has 0 radical (unpaired) electrons. The highest BCUT2D eigenvalue weighted by Crippen LogP contribution is 1.99. The van der Waals surface area contributed by atoms with Gasteiger partial charge in [0.2, 0.25) is 0 Å². The molecular formula is C9H10N2O2. The van der Waals surface area contributed by atoms with Gasteiger partial charge >= 0.3 is 0 Å². The second-order valence-corrected chi connectivity index (χ2v) is 2.85. The first kappa shape index (κ1) is 9.51. The minimum absolute atomic E-state index is 0.0991. The number of carbonyl (C=O) groups is 2. The Hall–Kier alpha value is -1.58. The van der Waals surface area contributed by atoms with Crippen molar-refractivity contribution in [3.63, 3.8) is 0 Å². The fraction of sp³-hybridized carbons (Fsp3) is 0.333. The Morgan fingerprint density at radius 1 is 1.38 bits per heavy atom. The van der Waals surface area contributed by atoms with Gasteiger partial charge in [0.05, 0.1) is 18.3 Å². The lowest BCUT2D eigenvalue weighted by atomic mass is 10.2. The number of aryl methyl sites for hydroxylation is 1. The maximum Gasteiger partial charge on any atom is 0.190 e. The second kappa shape index (κ2) is 3.89. The Labute approximate surface area is 76.0 Å². The van der Waals surface area contributed by atoms with Crippen LogP contribution in [-0.2, 0) is 4.79 Å². The molecule has 0 aromatic carbocycles. The van der Waals surface area contributed by atoms with Crippen LogP contribution in [0.5, 0.6) is 0 Å². The molecule has 1 aromatic rings. The SMILES string of the molecule is CC(=O)CC(=O)c1cncc(C)n1. The van der Waals surface area contributed by atoms with Crippen molar-refractivity contribution in [1.82, 2.24) is 9.97 Å². The number of hydrogen-bond donors (Lipinski definition) is 0. The summed E-state index contributed by atoms with van der Waals surface area (Å²) in [6, 6.07) is 0. The van der Waals surface area contributed by atoms with Gasteiger partial charge < -0.3 is 0 Å². The Balaban J connectivity index is 2.83. The van der Waals surface area contributed by atoms with Crippen molar-refractivity contribution in [3.05, 3.63) is 23.8 Å². The predicted octanol–water partition coefficient (Wildman–Crippen LogP) is 0.947. The third-order valence-corrected chi connectivity index (χ3v) is 1.45. The van der Waals surface area contributed by atoms with Crippen molar-refractivity contribution in [2.75, 3.05) is 0 Å². The molecule has 0 bridgehead atoms. The number of Topliss-reactive ketones (excluding diaryl/α,β-unsaturated/α-hetero) is 2. The maximum absolute atomic E-state index is 11.3. The molecule has 0 spiro atoms. The summed E-state index contributed by atoms with van der Waals surface area (Å²) in [5.41, 5.74) is 0.935. The van der Waals surface area contributed by atoms with E-state index in [0.717, 1.165) is 0 Å². The Morgan fingerprint density at radius 3 is 2.62 bits per heavy atom. The molecule has 0 aliphatic rings. The molecule has 68 valence electrons. The average molecular weight is 178 g/mol. The van der Waals surface area contributed by atoms with Crippen molar-refractivity contribution < 1.29 is 9.59 Å². The van der Waals surface area contributed by atoms with Gasteiger partial charge in [0, 0.05) is 6.20 Å². The zero-order valence-electron chi connectivity index (χ0n) is 7.57. The summed E-state index contributed by atoms with van der Waals surface area (Å²) >= 11 is 0. The van der Waals surface area contributed by atoms with Crippen LogP contribution in [0.2, 0.25) is 0 Å². The van der Waals surface area contributed by atoms with Crippen molar-refractivity contribution in [1.29, 1.82) is 0 Å². The van der Waals surface area contributed by atoms with E-state index in [-0.39, 0.29) is 23.7 Å². The minimum Gasteiger partial charge on any atom is -0.300 e. The van der Waals surface area contributed by atoms with Crippen LogP contribution in [0, 0.1) is 6.92 Å². The second-order valence-electron chi connectivity index (χ2n) is 2.85. The molecule has 0 amide bonds. The van der Waals surface area contributed by atoms with Crippen LogP contribution in [0.3, 0.4) is 0 Å². The average Bonchev–Trinajstić information content (AvgIpc) is 2.03. The van der Waals surface area contributed by atoms with E-state index in [1.807, 2.05) is 0 Å². The highest BCUT2D eigenvalue weighted by atomic mass is 16.1. The molecule has 1 heterocycles. The first-order chi connectivity index (χ1) is 6.09. The van der Waals surface area contributed by atoms with Crippen LogP contribution >= 0.6 is 0 Å². The molecule has 0 atom stereocenters. The van der Waals surface area contributed by atoms with Crippen LogP contribution < -0.4 is 0 Å². The molecule has 4 nitrogen and oxygen atoms in total. The Bertz CT molecular complexity index is 347. The molecule has 0 saturated heterocycles. The van der Waals surface area contributed by atoms with Crippen molar-refractivity contribution in [2.45, 2.75) is 20.3 Å². The van der Waals surface area contributed by atoms with Crippen LogP contribution in [0.4, 0.5) is 0 Å². The summed E-state index contributed by atoms with van der Waals surface area (Å²) < 4.78 is 0. The molecule has 4 heteroatoms. The lowest BCUT2D eigenvalue weighted by molar-refractivity contribution is -0.116. The lowest BCUT2D eigenvalue weighted by Crippen LogP contribution is -2.08. The zero-order valence-corrected chi connectivity index (χ0v) is 7.57. The predicted molar refractivity (Wildman–Crippen MR) is 46.4 cm³/mol. The van der Waals surface area contributed by atoms with Crippen LogP contribution in [-0.4, -0.2) is 21.5 Å². The van der Waals surface area contributed by atoms with E-state index >= 15 is 0 Å². The third kappa shape index (κ3) is 2.74. The van der Waals surface area contributed by atoms with Gasteiger partial charge in [-0.15, -0.1) is 0 Å². The summed E-state index contributed by atoms with van der Waals surface area (Å²) in [7, 11) is 0. The smallest absolute Gasteiger partial charge is 0.190 e. The van der Waals surface area contributed by atoms with Gasteiger partial charge in [-0.25, -0.2) is 4.98 Å². The van der Waals surface area contributed by atoms with E-state index in [4.69, 9.17) is 0 Å². The monoisotopic (exact) mass is 178 g/mol. The quantitative estimate of drug-likeness (QED) is 0.510. The highest BCUT2D eigenvalue weighted by molar-refractivity contribution is 6.06. The van der Waals surface area contributed by atoms with Crippen molar-refractivity contribution in [3.8, 4) is 0 Å².